The third-order valence-corrected chi connectivity index (χ3v) is 2.26. The molecule has 1 aromatic rings. The first kappa shape index (κ1) is 6.85. The maximum Gasteiger partial charge on any atom is 0.0540 e. The van der Waals surface area contributed by atoms with E-state index in [1.54, 1.807) is 0 Å². The highest BCUT2D eigenvalue weighted by Gasteiger charge is 2.17. The van der Waals surface area contributed by atoms with E-state index in [1.807, 2.05) is 13.1 Å². The summed E-state index contributed by atoms with van der Waals surface area (Å²) in [5, 5.41) is 4.25. The minimum absolute atomic E-state index is 0.136. The Labute approximate surface area is 66.2 Å². The number of hydrogen-bond donors (Lipinski definition) is 1. The van der Waals surface area contributed by atoms with Crippen LogP contribution in [0.2, 0.25) is 0 Å². The van der Waals surface area contributed by atoms with E-state index < -0.39 is 0 Å². The van der Waals surface area contributed by atoms with Gasteiger partial charge in [0.2, 0.25) is 0 Å². The van der Waals surface area contributed by atoms with Gasteiger partial charge in [0.15, 0.2) is 0 Å². The molecule has 0 saturated heterocycles. The van der Waals surface area contributed by atoms with Gasteiger partial charge in [-0.1, -0.05) is 0 Å². The standard InChI is InChI=1S/C8H13N3/c1-6(9)7-5-10-11-4-2-3-8(7)11/h5-6H,2-4,9H2,1H3. The number of aromatic nitrogens is 2. The predicted octanol–water partition coefficient (Wildman–Crippen LogP) is 0.849. The van der Waals surface area contributed by atoms with E-state index in [0.29, 0.717) is 0 Å². The molecule has 2 N–H and O–H groups in total. The first-order valence-corrected chi connectivity index (χ1v) is 4.09. The highest BCUT2D eigenvalue weighted by molar-refractivity contribution is 5.22. The Balaban J connectivity index is 2.42. The number of fused-ring (bicyclic) bond motifs is 1. The predicted molar refractivity (Wildman–Crippen MR) is 43.2 cm³/mol. The number of rotatable bonds is 1. The largest absolute Gasteiger partial charge is 0.324 e. The zero-order valence-corrected chi connectivity index (χ0v) is 6.75. The fraction of sp³-hybridized carbons (Fsp3) is 0.625. The van der Waals surface area contributed by atoms with Crippen LogP contribution in [-0.4, -0.2) is 9.78 Å². The second-order valence-corrected chi connectivity index (χ2v) is 3.16. The molecule has 0 saturated carbocycles. The second kappa shape index (κ2) is 2.34. The minimum Gasteiger partial charge on any atom is -0.324 e. The molecule has 1 unspecified atom stereocenters. The molecule has 0 fully saturated rings. The highest BCUT2D eigenvalue weighted by Crippen LogP contribution is 2.21. The van der Waals surface area contributed by atoms with Crippen molar-refractivity contribution in [2.24, 2.45) is 5.73 Å². The maximum atomic E-state index is 5.78. The quantitative estimate of drug-likeness (QED) is 0.646. The third-order valence-electron chi connectivity index (χ3n) is 2.26. The first-order valence-electron chi connectivity index (χ1n) is 4.09. The van der Waals surface area contributed by atoms with E-state index in [1.165, 1.54) is 17.7 Å². The number of hydrogen-bond acceptors (Lipinski definition) is 2. The minimum atomic E-state index is 0.136. The maximum absolute atomic E-state index is 5.78. The summed E-state index contributed by atoms with van der Waals surface area (Å²) < 4.78 is 2.07. The average Bonchev–Trinajstić information content (AvgIpc) is 2.41. The summed E-state index contributed by atoms with van der Waals surface area (Å²) in [6.07, 6.45) is 4.28. The zero-order valence-electron chi connectivity index (χ0n) is 6.75. The van der Waals surface area contributed by atoms with Crippen LogP contribution >= 0.6 is 0 Å². The van der Waals surface area contributed by atoms with Gasteiger partial charge in [-0.05, 0) is 19.8 Å². The van der Waals surface area contributed by atoms with Gasteiger partial charge in [-0.15, -0.1) is 0 Å². The van der Waals surface area contributed by atoms with Crippen molar-refractivity contribution in [3.63, 3.8) is 0 Å². The van der Waals surface area contributed by atoms with Gasteiger partial charge in [0.1, 0.15) is 0 Å². The van der Waals surface area contributed by atoms with E-state index in [2.05, 4.69) is 9.78 Å². The lowest BCUT2D eigenvalue weighted by atomic mass is 10.1. The smallest absolute Gasteiger partial charge is 0.0540 e. The Hall–Kier alpha value is -0.830. The Morgan fingerprint density at radius 1 is 1.73 bits per heavy atom. The summed E-state index contributed by atoms with van der Waals surface area (Å²) in [6, 6.07) is 0.136. The lowest BCUT2D eigenvalue weighted by Gasteiger charge is -2.02. The van der Waals surface area contributed by atoms with Crippen LogP contribution in [0, 0.1) is 0 Å². The van der Waals surface area contributed by atoms with Crippen LogP contribution in [0.5, 0.6) is 0 Å². The fourth-order valence-corrected chi connectivity index (χ4v) is 1.67. The topological polar surface area (TPSA) is 43.8 Å². The van der Waals surface area contributed by atoms with Crippen LogP contribution in [0.15, 0.2) is 6.20 Å². The van der Waals surface area contributed by atoms with Crippen molar-refractivity contribution in [3.8, 4) is 0 Å². The Morgan fingerprint density at radius 3 is 3.27 bits per heavy atom. The van der Waals surface area contributed by atoms with Crippen LogP contribution < -0.4 is 5.73 Å². The Bertz CT molecular complexity index is 262. The van der Waals surface area contributed by atoms with Gasteiger partial charge < -0.3 is 5.73 Å². The van der Waals surface area contributed by atoms with E-state index in [-0.39, 0.29) is 6.04 Å². The van der Waals surface area contributed by atoms with Crippen molar-refractivity contribution in [2.45, 2.75) is 32.4 Å². The van der Waals surface area contributed by atoms with Crippen molar-refractivity contribution in [3.05, 3.63) is 17.5 Å². The summed E-state index contributed by atoms with van der Waals surface area (Å²) in [7, 11) is 0. The van der Waals surface area contributed by atoms with Crippen molar-refractivity contribution >= 4 is 0 Å². The van der Waals surface area contributed by atoms with Crippen molar-refractivity contribution in [1.82, 2.24) is 9.78 Å². The van der Waals surface area contributed by atoms with Gasteiger partial charge in [0, 0.05) is 23.8 Å². The fourth-order valence-electron chi connectivity index (χ4n) is 1.67. The van der Waals surface area contributed by atoms with Crippen LogP contribution in [0.1, 0.15) is 30.6 Å². The third kappa shape index (κ3) is 0.959. The highest BCUT2D eigenvalue weighted by atomic mass is 15.3. The molecule has 2 rings (SSSR count). The lowest BCUT2D eigenvalue weighted by molar-refractivity contribution is 0.656. The molecule has 0 aliphatic carbocycles. The molecule has 60 valence electrons. The van der Waals surface area contributed by atoms with E-state index in [9.17, 15) is 0 Å². The molecule has 3 heteroatoms. The molecule has 3 nitrogen and oxygen atoms in total. The van der Waals surface area contributed by atoms with Crippen molar-refractivity contribution in [1.29, 1.82) is 0 Å². The molecular formula is C8H13N3. The van der Waals surface area contributed by atoms with E-state index >= 15 is 0 Å². The lowest BCUT2D eigenvalue weighted by Crippen LogP contribution is -2.06. The van der Waals surface area contributed by atoms with Crippen molar-refractivity contribution < 1.29 is 0 Å². The second-order valence-electron chi connectivity index (χ2n) is 3.16. The SMILES string of the molecule is CC(N)c1cnn2c1CCC2. The molecule has 1 aliphatic rings. The molecule has 1 aliphatic heterocycles. The van der Waals surface area contributed by atoms with E-state index in [4.69, 9.17) is 5.73 Å². The van der Waals surface area contributed by atoms with Crippen LogP contribution in [-0.2, 0) is 13.0 Å². The van der Waals surface area contributed by atoms with Gasteiger partial charge in [-0.25, -0.2) is 0 Å². The number of aryl methyl sites for hydroxylation is 1. The van der Waals surface area contributed by atoms with Crippen LogP contribution in [0.3, 0.4) is 0 Å². The Morgan fingerprint density at radius 2 is 2.55 bits per heavy atom. The summed E-state index contributed by atoms with van der Waals surface area (Å²) in [6.45, 7) is 3.08. The Kier molecular flexibility index (Phi) is 1.46. The average molecular weight is 151 g/mol. The normalized spacial score (nSPS) is 18.4. The summed E-state index contributed by atoms with van der Waals surface area (Å²) >= 11 is 0. The number of nitrogens with two attached hydrogens (primary N) is 1. The van der Waals surface area contributed by atoms with Gasteiger partial charge in [-0.2, -0.15) is 5.10 Å². The molecule has 2 heterocycles. The molecule has 1 aromatic heterocycles. The monoisotopic (exact) mass is 151 g/mol. The molecule has 0 bridgehead atoms. The first-order chi connectivity index (χ1) is 5.29. The van der Waals surface area contributed by atoms with Gasteiger partial charge >= 0.3 is 0 Å². The molecular weight excluding hydrogens is 138 g/mol. The molecule has 0 aromatic carbocycles. The molecule has 0 amide bonds. The van der Waals surface area contributed by atoms with Crippen molar-refractivity contribution in [2.75, 3.05) is 0 Å². The molecule has 1 atom stereocenters. The molecule has 0 radical (unpaired) electrons. The number of nitrogens with zero attached hydrogens (tertiary/aromatic N) is 2. The van der Waals surface area contributed by atoms with Crippen LogP contribution in [0.4, 0.5) is 0 Å². The van der Waals surface area contributed by atoms with Gasteiger partial charge in [-0.3, -0.25) is 4.68 Å². The van der Waals surface area contributed by atoms with Gasteiger partial charge in [0.05, 0.1) is 6.20 Å². The van der Waals surface area contributed by atoms with Crippen LogP contribution in [0.25, 0.3) is 0 Å². The van der Waals surface area contributed by atoms with Gasteiger partial charge in [0.25, 0.3) is 0 Å². The summed E-state index contributed by atoms with van der Waals surface area (Å²) in [5.41, 5.74) is 8.35. The molecule has 11 heavy (non-hydrogen) atoms. The summed E-state index contributed by atoms with van der Waals surface area (Å²) in [5.74, 6) is 0. The summed E-state index contributed by atoms with van der Waals surface area (Å²) in [4.78, 5) is 0. The van der Waals surface area contributed by atoms with E-state index in [0.717, 1.165) is 13.0 Å². The zero-order chi connectivity index (χ0) is 7.84. The molecule has 0 spiro atoms.